The number of aryl methyl sites for hydroxylation is 2. The van der Waals surface area contributed by atoms with E-state index in [9.17, 15) is 0 Å². The molecule has 0 unspecified atom stereocenters. The standard InChI is InChI=1S/C35H27N.C11H10.C2H6/c1-26-14-16-29(17-15-26)30-18-21-33(22-19-30)36(35-23-20-28-10-5-6-11-31(28)25-35)34-13-7-12-32(24-34)27-8-3-2-4-9-27;1-9-6-7-10-4-2-3-5-11(10)8-9;1-2/h2-25H,1H3;2-8H,1H3;1-2H3. The maximum Gasteiger partial charge on any atom is 0.0468 e. The summed E-state index contributed by atoms with van der Waals surface area (Å²) in [5.41, 5.74) is 10.9. The van der Waals surface area contributed by atoms with Crippen molar-refractivity contribution in [2.75, 3.05) is 4.90 Å². The van der Waals surface area contributed by atoms with Crippen LogP contribution in [0.15, 0.2) is 188 Å². The van der Waals surface area contributed by atoms with Crippen LogP contribution in [0.1, 0.15) is 25.0 Å². The van der Waals surface area contributed by atoms with E-state index in [0.717, 1.165) is 17.1 Å². The van der Waals surface area contributed by atoms with Gasteiger partial charge in [0, 0.05) is 17.1 Å². The van der Waals surface area contributed by atoms with Gasteiger partial charge in [0.2, 0.25) is 0 Å². The molecule has 0 bridgehead atoms. The van der Waals surface area contributed by atoms with Gasteiger partial charge in [-0.2, -0.15) is 0 Å². The lowest BCUT2D eigenvalue weighted by molar-refractivity contribution is 1.29. The van der Waals surface area contributed by atoms with Crippen molar-refractivity contribution in [2.24, 2.45) is 0 Å². The van der Waals surface area contributed by atoms with Gasteiger partial charge in [0.25, 0.3) is 0 Å². The van der Waals surface area contributed by atoms with Crippen molar-refractivity contribution < 1.29 is 0 Å². The zero-order valence-corrected chi connectivity index (χ0v) is 28.8. The van der Waals surface area contributed by atoms with Crippen LogP contribution in [0.4, 0.5) is 17.1 Å². The highest BCUT2D eigenvalue weighted by atomic mass is 15.1. The van der Waals surface area contributed by atoms with E-state index < -0.39 is 0 Å². The molecule has 240 valence electrons. The molecule has 0 radical (unpaired) electrons. The average Bonchev–Trinajstić information content (AvgIpc) is 3.17. The van der Waals surface area contributed by atoms with Crippen LogP contribution in [0.5, 0.6) is 0 Å². The zero-order valence-electron chi connectivity index (χ0n) is 28.8. The Morgan fingerprint density at radius 1 is 0.286 bits per heavy atom. The molecule has 0 N–H and O–H groups in total. The first-order chi connectivity index (χ1) is 24.1. The van der Waals surface area contributed by atoms with Crippen LogP contribution in [0.3, 0.4) is 0 Å². The Hall–Kier alpha value is -5.92. The molecule has 8 aromatic carbocycles. The Morgan fingerprint density at radius 3 is 1.39 bits per heavy atom. The van der Waals surface area contributed by atoms with E-state index in [4.69, 9.17) is 0 Å². The SMILES string of the molecule is CC.Cc1ccc(-c2ccc(N(c3cccc(-c4ccccc4)c3)c3ccc4ccccc4c3)cc2)cc1.Cc1ccc2ccccc2c1. The van der Waals surface area contributed by atoms with Crippen LogP contribution in [-0.2, 0) is 0 Å². The highest BCUT2D eigenvalue weighted by Gasteiger charge is 2.14. The second-order valence-corrected chi connectivity index (χ2v) is 12.0. The summed E-state index contributed by atoms with van der Waals surface area (Å²) in [6.45, 7) is 8.24. The van der Waals surface area contributed by atoms with Gasteiger partial charge in [0.1, 0.15) is 0 Å². The van der Waals surface area contributed by atoms with Crippen molar-refractivity contribution in [1.29, 1.82) is 0 Å². The van der Waals surface area contributed by atoms with Crippen LogP contribution in [0, 0.1) is 13.8 Å². The van der Waals surface area contributed by atoms with Gasteiger partial charge in [0.15, 0.2) is 0 Å². The van der Waals surface area contributed by atoms with Crippen LogP contribution in [-0.4, -0.2) is 0 Å². The highest BCUT2D eigenvalue weighted by Crippen LogP contribution is 2.38. The minimum Gasteiger partial charge on any atom is -0.310 e. The quantitative estimate of drug-likeness (QED) is 0.182. The van der Waals surface area contributed by atoms with E-state index in [1.807, 2.05) is 13.8 Å². The fourth-order valence-corrected chi connectivity index (χ4v) is 6.08. The lowest BCUT2D eigenvalue weighted by Gasteiger charge is -2.26. The van der Waals surface area contributed by atoms with E-state index in [1.165, 1.54) is 54.9 Å². The summed E-state index contributed by atoms with van der Waals surface area (Å²) in [4.78, 5) is 2.35. The van der Waals surface area contributed by atoms with Crippen molar-refractivity contribution in [3.05, 3.63) is 199 Å². The second-order valence-electron chi connectivity index (χ2n) is 12.0. The third-order valence-electron chi connectivity index (χ3n) is 8.62. The minimum absolute atomic E-state index is 1.13. The molecule has 0 atom stereocenters. The van der Waals surface area contributed by atoms with Crippen LogP contribution >= 0.6 is 0 Å². The fourth-order valence-electron chi connectivity index (χ4n) is 6.08. The number of anilines is 3. The Balaban J connectivity index is 0.000000269. The molecule has 0 spiro atoms. The molecule has 0 amide bonds. The zero-order chi connectivity index (χ0) is 34.0. The summed E-state index contributed by atoms with van der Waals surface area (Å²) in [5, 5.41) is 5.12. The molecule has 0 fully saturated rings. The largest absolute Gasteiger partial charge is 0.310 e. The first-order valence-electron chi connectivity index (χ1n) is 17.2. The third kappa shape index (κ3) is 7.97. The summed E-state index contributed by atoms with van der Waals surface area (Å²) < 4.78 is 0. The van der Waals surface area contributed by atoms with Gasteiger partial charge in [0.05, 0.1) is 0 Å². The Kier molecular flexibility index (Phi) is 10.6. The molecular formula is C48H43N. The minimum atomic E-state index is 1.13. The summed E-state index contributed by atoms with van der Waals surface area (Å²) in [6, 6.07) is 67.1. The lowest BCUT2D eigenvalue weighted by Crippen LogP contribution is -2.10. The lowest BCUT2D eigenvalue weighted by atomic mass is 10.0. The van der Waals surface area contributed by atoms with E-state index >= 15 is 0 Å². The molecule has 0 aliphatic heterocycles. The maximum absolute atomic E-state index is 2.35. The van der Waals surface area contributed by atoms with Gasteiger partial charge in [-0.25, -0.2) is 0 Å². The molecule has 49 heavy (non-hydrogen) atoms. The number of hydrogen-bond donors (Lipinski definition) is 0. The van der Waals surface area contributed by atoms with Crippen molar-refractivity contribution in [2.45, 2.75) is 27.7 Å². The summed E-state index contributed by atoms with van der Waals surface area (Å²) in [6.07, 6.45) is 0. The van der Waals surface area contributed by atoms with Gasteiger partial charge in [-0.1, -0.05) is 177 Å². The van der Waals surface area contributed by atoms with Crippen molar-refractivity contribution in [3.63, 3.8) is 0 Å². The van der Waals surface area contributed by atoms with Gasteiger partial charge >= 0.3 is 0 Å². The molecule has 0 aliphatic carbocycles. The normalized spacial score (nSPS) is 10.4. The number of benzene rings is 8. The van der Waals surface area contributed by atoms with E-state index in [-0.39, 0.29) is 0 Å². The molecule has 0 aromatic heterocycles. The first-order valence-corrected chi connectivity index (χ1v) is 17.2. The Labute approximate surface area is 291 Å². The monoisotopic (exact) mass is 633 g/mol. The number of fused-ring (bicyclic) bond motifs is 2. The molecule has 8 aromatic rings. The molecule has 0 saturated heterocycles. The van der Waals surface area contributed by atoms with Crippen molar-refractivity contribution in [3.8, 4) is 22.3 Å². The summed E-state index contributed by atoms with van der Waals surface area (Å²) in [5.74, 6) is 0. The van der Waals surface area contributed by atoms with E-state index in [2.05, 4.69) is 207 Å². The van der Waals surface area contributed by atoms with Gasteiger partial charge < -0.3 is 4.90 Å². The van der Waals surface area contributed by atoms with E-state index in [1.54, 1.807) is 0 Å². The first kappa shape index (κ1) is 33.0. The summed E-state index contributed by atoms with van der Waals surface area (Å²) >= 11 is 0. The van der Waals surface area contributed by atoms with Crippen molar-refractivity contribution in [1.82, 2.24) is 0 Å². The van der Waals surface area contributed by atoms with Crippen LogP contribution in [0.25, 0.3) is 43.8 Å². The van der Waals surface area contributed by atoms with E-state index in [0.29, 0.717) is 0 Å². The van der Waals surface area contributed by atoms with Gasteiger partial charge in [-0.05, 0) is 94.0 Å². The predicted octanol–water partition coefficient (Wildman–Crippen LogP) is 14.1. The molecule has 0 aliphatic rings. The smallest absolute Gasteiger partial charge is 0.0468 e. The molecule has 1 heteroatoms. The molecule has 0 heterocycles. The van der Waals surface area contributed by atoms with Crippen molar-refractivity contribution >= 4 is 38.6 Å². The predicted molar refractivity (Wildman–Crippen MR) is 214 cm³/mol. The van der Waals surface area contributed by atoms with Gasteiger partial charge in [-0.3, -0.25) is 0 Å². The highest BCUT2D eigenvalue weighted by molar-refractivity contribution is 5.90. The van der Waals surface area contributed by atoms with Crippen LogP contribution < -0.4 is 4.90 Å². The summed E-state index contributed by atoms with van der Waals surface area (Å²) in [7, 11) is 0. The average molecular weight is 634 g/mol. The third-order valence-corrected chi connectivity index (χ3v) is 8.62. The Bertz CT molecular complexity index is 2250. The van der Waals surface area contributed by atoms with Gasteiger partial charge in [-0.15, -0.1) is 0 Å². The topological polar surface area (TPSA) is 3.24 Å². The number of rotatable bonds is 5. The molecule has 0 saturated carbocycles. The molecule has 1 nitrogen and oxygen atoms in total. The number of nitrogens with zero attached hydrogens (tertiary/aromatic N) is 1. The maximum atomic E-state index is 2.35. The molecule has 8 rings (SSSR count). The fraction of sp³-hybridized carbons (Fsp3) is 0.0833. The molecular weight excluding hydrogens is 591 g/mol. The number of hydrogen-bond acceptors (Lipinski definition) is 1. The van der Waals surface area contributed by atoms with Crippen LogP contribution in [0.2, 0.25) is 0 Å². The Morgan fingerprint density at radius 2 is 0.735 bits per heavy atom. The second kappa shape index (κ2) is 15.8.